The zero-order valence-electron chi connectivity index (χ0n) is 29.4. The molecular formula is C45H50N2. The van der Waals surface area contributed by atoms with E-state index >= 15 is 0 Å². The van der Waals surface area contributed by atoms with Gasteiger partial charge in [-0.3, -0.25) is 0 Å². The number of anilines is 2. The molecule has 0 spiro atoms. The van der Waals surface area contributed by atoms with Crippen molar-refractivity contribution in [3.05, 3.63) is 173 Å². The fraction of sp³-hybridized carbons (Fsp3) is 0.289. The number of hydrogen-bond donors (Lipinski definition) is 0. The molecule has 3 aromatic carbocycles. The smallest absolute Gasteiger partial charge is 0.0685 e. The summed E-state index contributed by atoms with van der Waals surface area (Å²) >= 11 is 0. The van der Waals surface area contributed by atoms with Gasteiger partial charge in [0.05, 0.1) is 17.8 Å². The summed E-state index contributed by atoms with van der Waals surface area (Å²) in [6.07, 6.45) is 23.0. The summed E-state index contributed by atoms with van der Waals surface area (Å²) in [5.74, 6) is 0.372. The summed E-state index contributed by atoms with van der Waals surface area (Å²) in [5.41, 5.74) is 12.7. The highest BCUT2D eigenvalue weighted by Crippen LogP contribution is 2.58. The number of benzene rings is 3. The van der Waals surface area contributed by atoms with Gasteiger partial charge in [-0.05, 0) is 95.0 Å². The monoisotopic (exact) mass is 618 g/mol. The van der Waals surface area contributed by atoms with Crippen molar-refractivity contribution >= 4 is 17.1 Å². The van der Waals surface area contributed by atoms with Crippen LogP contribution in [0.25, 0.3) is 5.70 Å². The number of nitrogens with zero attached hydrogens (tertiary/aromatic N) is 2. The molecule has 47 heavy (non-hydrogen) atoms. The molecule has 2 nitrogen and oxygen atoms in total. The van der Waals surface area contributed by atoms with Gasteiger partial charge in [0.1, 0.15) is 0 Å². The molecule has 3 aromatic rings. The SMILES string of the molecule is C/C=C\C(C)=C/C(C)N(C1=C2C=CC=CC2(C)C(N(c2cccc(C)c2)C2C=CC=C(C)C2C)c2ccccc21)c1cccc(C)c1. The Morgan fingerprint density at radius 3 is 2.30 bits per heavy atom. The third kappa shape index (κ3) is 6.02. The quantitative estimate of drug-likeness (QED) is 0.232. The van der Waals surface area contributed by atoms with Crippen LogP contribution in [-0.4, -0.2) is 12.1 Å². The molecule has 0 heterocycles. The second kappa shape index (κ2) is 13.3. The Labute approximate surface area is 283 Å². The summed E-state index contributed by atoms with van der Waals surface area (Å²) in [7, 11) is 0. The molecule has 240 valence electrons. The maximum absolute atomic E-state index is 2.74. The minimum Gasteiger partial charge on any atom is -0.356 e. The average Bonchev–Trinajstić information content (AvgIpc) is 3.04. The third-order valence-corrected chi connectivity index (χ3v) is 10.4. The van der Waals surface area contributed by atoms with E-state index in [1.54, 1.807) is 0 Å². The maximum Gasteiger partial charge on any atom is 0.0685 e. The number of allylic oxidation sites excluding steroid dienone is 8. The van der Waals surface area contributed by atoms with E-state index in [0.717, 1.165) is 0 Å². The Hall–Kier alpha value is -4.56. The molecule has 0 aliphatic heterocycles. The molecule has 0 bridgehead atoms. The maximum atomic E-state index is 2.74. The second-order valence-electron chi connectivity index (χ2n) is 13.9. The summed E-state index contributed by atoms with van der Waals surface area (Å²) in [4.78, 5) is 5.32. The largest absolute Gasteiger partial charge is 0.356 e. The number of rotatable bonds is 8. The van der Waals surface area contributed by atoms with Crippen LogP contribution in [0.4, 0.5) is 11.4 Å². The van der Waals surface area contributed by atoms with E-state index in [1.165, 1.54) is 56.0 Å². The summed E-state index contributed by atoms with van der Waals surface area (Å²) in [6.45, 7) is 18.2. The molecular weight excluding hydrogens is 569 g/mol. The van der Waals surface area contributed by atoms with Gasteiger partial charge in [-0.1, -0.05) is 127 Å². The van der Waals surface area contributed by atoms with Crippen LogP contribution < -0.4 is 9.80 Å². The Morgan fingerprint density at radius 2 is 1.57 bits per heavy atom. The normalized spacial score (nSPS) is 24.2. The van der Waals surface area contributed by atoms with Gasteiger partial charge in [0.2, 0.25) is 0 Å². The van der Waals surface area contributed by atoms with Crippen molar-refractivity contribution in [3.63, 3.8) is 0 Å². The topological polar surface area (TPSA) is 6.48 Å². The molecule has 3 aliphatic rings. The van der Waals surface area contributed by atoms with Gasteiger partial charge in [-0.2, -0.15) is 0 Å². The molecule has 5 unspecified atom stereocenters. The van der Waals surface area contributed by atoms with E-state index < -0.39 is 0 Å². The molecule has 0 saturated heterocycles. The van der Waals surface area contributed by atoms with E-state index in [1.807, 2.05) is 0 Å². The molecule has 0 fully saturated rings. The van der Waals surface area contributed by atoms with Gasteiger partial charge < -0.3 is 9.80 Å². The lowest BCUT2D eigenvalue weighted by Crippen LogP contribution is -2.51. The Balaban J connectivity index is 1.65. The standard InChI is InChI=1S/C45H50N2/c1-9-17-31(2)28-35(6)46(37-21-14-18-32(3)29-37)43-39-23-10-11-24-40(39)44(45(8)27-13-12-25-41(43)45)47(38-22-15-19-33(4)30-38)42-26-16-20-34(5)36(42)7/h9-30,35-36,42,44H,1-8H3/b17-9-,31-28-. The van der Waals surface area contributed by atoms with Crippen molar-refractivity contribution in [3.8, 4) is 0 Å². The van der Waals surface area contributed by atoms with E-state index in [4.69, 9.17) is 0 Å². The van der Waals surface area contributed by atoms with Gasteiger partial charge in [0.25, 0.3) is 0 Å². The molecule has 0 N–H and O–H groups in total. The predicted molar refractivity (Wildman–Crippen MR) is 204 cm³/mol. The van der Waals surface area contributed by atoms with Crippen molar-refractivity contribution in [2.45, 2.75) is 73.5 Å². The van der Waals surface area contributed by atoms with Crippen LogP contribution in [0.1, 0.15) is 69.8 Å². The van der Waals surface area contributed by atoms with E-state index in [2.05, 4.69) is 199 Å². The van der Waals surface area contributed by atoms with Crippen molar-refractivity contribution in [1.82, 2.24) is 0 Å². The zero-order chi connectivity index (χ0) is 33.3. The van der Waals surface area contributed by atoms with Gasteiger partial charge >= 0.3 is 0 Å². The van der Waals surface area contributed by atoms with Crippen LogP contribution in [0.5, 0.6) is 0 Å². The predicted octanol–water partition coefficient (Wildman–Crippen LogP) is 11.6. The minimum absolute atomic E-state index is 0.0680. The number of fused-ring (bicyclic) bond motifs is 2. The van der Waals surface area contributed by atoms with Crippen molar-refractivity contribution in [2.24, 2.45) is 11.3 Å². The minimum atomic E-state index is -0.311. The molecule has 3 aliphatic carbocycles. The lowest BCUT2D eigenvalue weighted by atomic mass is 9.63. The van der Waals surface area contributed by atoms with Crippen molar-refractivity contribution in [2.75, 3.05) is 9.80 Å². The summed E-state index contributed by atoms with van der Waals surface area (Å²) in [5, 5.41) is 0. The fourth-order valence-electron chi connectivity index (χ4n) is 8.01. The highest BCUT2D eigenvalue weighted by Gasteiger charge is 2.49. The first-order valence-corrected chi connectivity index (χ1v) is 17.2. The molecule has 6 rings (SSSR count). The van der Waals surface area contributed by atoms with Crippen molar-refractivity contribution in [1.29, 1.82) is 0 Å². The molecule has 0 saturated carbocycles. The summed E-state index contributed by atoms with van der Waals surface area (Å²) in [6, 6.07) is 27.7. The Bertz CT molecular complexity index is 1860. The molecule has 5 atom stereocenters. The van der Waals surface area contributed by atoms with Crippen molar-refractivity contribution < 1.29 is 0 Å². The fourth-order valence-corrected chi connectivity index (χ4v) is 8.01. The van der Waals surface area contributed by atoms with Gasteiger partial charge in [-0.15, -0.1) is 0 Å². The van der Waals surface area contributed by atoms with E-state index in [-0.39, 0.29) is 23.5 Å². The highest BCUT2D eigenvalue weighted by molar-refractivity contribution is 5.89. The highest BCUT2D eigenvalue weighted by atomic mass is 15.2. The van der Waals surface area contributed by atoms with Crippen LogP contribution in [0.15, 0.2) is 150 Å². The molecule has 0 aromatic heterocycles. The first kappa shape index (κ1) is 32.4. The van der Waals surface area contributed by atoms with Crippen LogP contribution in [0.3, 0.4) is 0 Å². The molecule has 2 heteroatoms. The average molecular weight is 619 g/mol. The lowest BCUT2D eigenvalue weighted by molar-refractivity contribution is 0.347. The van der Waals surface area contributed by atoms with Crippen LogP contribution in [-0.2, 0) is 0 Å². The van der Waals surface area contributed by atoms with Gasteiger partial charge in [0, 0.05) is 34.3 Å². The molecule has 0 amide bonds. The summed E-state index contributed by atoms with van der Waals surface area (Å²) < 4.78 is 0. The lowest BCUT2D eigenvalue weighted by Gasteiger charge is -2.54. The van der Waals surface area contributed by atoms with E-state index in [9.17, 15) is 0 Å². The second-order valence-corrected chi connectivity index (χ2v) is 13.9. The van der Waals surface area contributed by atoms with Crippen LogP contribution in [0, 0.1) is 25.2 Å². The Kier molecular flexibility index (Phi) is 9.15. The first-order chi connectivity index (χ1) is 22.6. The number of hydrogen-bond acceptors (Lipinski definition) is 2. The first-order valence-electron chi connectivity index (χ1n) is 17.2. The third-order valence-electron chi connectivity index (χ3n) is 10.4. The van der Waals surface area contributed by atoms with E-state index in [0.29, 0.717) is 5.92 Å². The van der Waals surface area contributed by atoms with Crippen LogP contribution in [0.2, 0.25) is 0 Å². The van der Waals surface area contributed by atoms with Crippen LogP contribution >= 0.6 is 0 Å². The Morgan fingerprint density at radius 1 is 0.872 bits per heavy atom. The van der Waals surface area contributed by atoms with Gasteiger partial charge in [0.15, 0.2) is 0 Å². The zero-order valence-corrected chi connectivity index (χ0v) is 29.4. The number of aryl methyl sites for hydroxylation is 2. The van der Waals surface area contributed by atoms with Gasteiger partial charge in [-0.25, -0.2) is 0 Å². The molecule has 0 radical (unpaired) electrons.